The second kappa shape index (κ2) is 8.15. The molecule has 1 atom stereocenters. The predicted octanol–water partition coefficient (Wildman–Crippen LogP) is 4.23. The summed E-state index contributed by atoms with van der Waals surface area (Å²) >= 11 is 3.64. The molecule has 0 aliphatic heterocycles. The van der Waals surface area contributed by atoms with Crippen molar-refractivity contribution >= 4 is 22.7 Å². The third kappa shape index (κ3) is 4.82. The summed E-state index contributed by atoms with van der Waals surface area (Å²) in [5.74, 6) is 0. The smallest absolute Gasteiger partial charge is 0.0885 e. The molecule has 0 spiro atoms. The zero-order valence-corrected chi connectivity index (χ0v) is 12.5. The number of hydrogen-bond donors (Lipinski definition) is 1. The molecule has 19 heavy (non-hydrogen) atoms. The van der Waals surface area contributed by atoms with Gasteiger partial charge in [0, 0.05) is 22.2 Å². The topological polar surface area (TPSA) is 21.3 Å². The molecule has 2 rings (SSSR count). The fraction of sp³-hybridized carbons (Fsp3) is 0.333. The highest BCUT2D eigenvalue weighted by atomic mass is 32.1. The van der Waals surface area contributed by atoms with Gasteiger partial charge in [0.05, 0.1) is 12.9 Å². The second-order valence-electron chi connectivity index (χ2n) is 4.20. The number of thiophene rings is 2. The summed E-state index contributed by atoms with van der Waals surface area (Å²) in [6, 6.07) is 9.04. The molecule has 102 valence electrons. The molecule has 4 heteroatoms. The summed E-state index contributed by atoms with van der Waals surface area (Å²) in [5.41, 5.74) is 0. The van der Waals surface area contributed by atoms with Gasteiger partial charge in [-0.05, 0) is 35.9 Å². The summed E-state index contributed by atoms with van der Waals surface area (Å²) in [5, 5.41) is 7.90. The lowest BCUT2D eigenvalue weighted by molar-refractivity contribution is 0.243. The maximum atomic E-state index is 5.14. The Morgan fingerprint density at radius 2 is 2.11 bits per heavy atom. The number of ether oxygens (including phenoxy) is 1. The molecule has 0 amide bonds. The van der Waals surface area contributed by atoms with E-state index in [9.17, 15) is 0 Å². The van der Waals surface area contributed by atoms with E-state index in [0.29, 0.717) is 6.04 Å². The molecule has 0 aliphatic rings. The first-order chi connectivity index (χ1) is 9.40. The van der Waals surface area contributed by atoms with Crippen molar-refractivity contribution < 1.29 is 4.74 Å². The molecule has 1 unspecified atom stereocenters. The van der Waals surface area contributed by atoms with Crippen molar-refractivity contribution in [3.8, 4) is 0 Å². The van der Waals surface area contributed by atoms with E-state index in [1.54, 1.807) is 0 Å². The molecular formula is C15H19NOS2. The molecule has 0 radical (unpaired) electrons. The van der Waals surface area contributed by atoms with Gasteiger partial charge in [-0.25, -0.2) is 0 Å². The first-order valence-corrected chi connectivity index (χ1v) is 8.17. The second-order valence-corrected chi connectivity index (χ2v) is 6.21. The average molecular weight is 293 g/mol. The highest BCUT2D eigenvalue weighted by molar-refractivity contribution is 7.10. The van der Waals surface area contributed by atoms with Gasteiger partial charge in [0.15, 0.2) is 0 Å². The minimum atomic E-state index is 0.405. The third-order valence-electron chi connectivity index (χ3n) is 2.82. The van der Waals surface area contributed by atoms with E-state index in [1.807, 2.05) is 22.7 Å². The Labute approximate surface area is 122 Å². The largest absolute Gasteiger partial charge is 0.502 e. The van der Waals surface area contributed by atoms with Gasteiger partial charge in [-0.2, -0.15) is 0 Å². The van der Waals surface area contributed by atoms with E-state index in [0.717, 1.165) is 26.0 Å². The van der Waals surface area contributed by atoms with Gasteiger partial charge >= 0.3 is 0 Å². The Balaban J connectivity index is 1.86. The quantitative estimate of drug-likeness (QED) is 0.552. The highest BCUT2D eigenvalue weighted by Gasteiger charge is 2.13. The monoisotopic (exact) mass is 293 g/mol. The fourth-order valence-corrected chi connectivity index (χ4v) is 3.46. The zero-order valence-electron chi connectivity index (χ0n) is 10.9. The SMILES string of the molecule is C=COCCCNC(Cc1cccs1)c1cccs1. The zero-order chi connectivity index (χ0) is 13.3. The van der Waals surface area contributed by atoms with E-state index >= 15 is 0 Å². The maximum absolute atomic E-state index is 5.14. The summed E-state index contributed by atoms with van der Waals surface area (Å²) in [7, 11) is 0. The van der Waals surface area contributed by atoms with Crippen molar-refractivity contribution in [2.75, 3.05) is 13.2 Å². The molecule has 0 aromatic carbocycles. The van der Waals surface area contributed by atoms with E-state index in [1.165, 1.54) is 16.0 Å². The molecule has 0 aliphatic carbocycles. The lowest BCUT2D eigenvalue weighted by Gasteiger charge is -2.16. The summed E-state index contributed by atoms with van der Waals surface area (Å²) < 4.78 is 5.14. The van der Waals surface area contributed by atoms with Crippen LogP contribution in [0.5, 0.6) is 0 Å². The van der Waals surface area contributed by atoms with Crippen molar-refractivity contribution in [3.05, 3.63) is 57.6 Å². The Morgan fingerprint density at radius 3 is 2.79 bits per heavy atom. The lowest BCUT2D eigenvalue weighted by Crippen LogP contribution is -2.24. The molecule has 0 fully saturated rings. The molecule has 2 aromatic heterocycles. The van der Waals surface area contributed by atoms with E-state index in [-0.39, 0.29) is 0 Å². The average Bonchev–Trinajstić information content (AvgIpc) is 3.10. The summed E-state index contributed by atoms with van der Waals surface area (Å²) in [6.45, 7) is 5.23. The van der Waals surface area contributed by atoms with Crippen molar-refractivity contribution in [1.82, 2.24) is 5.32 Å². The third-order valence-corrected chi connectivity index (χ3v) is 4.70. The van der Waals surface area contributed by atoms with Crippen LogP contribution in [0, 0.1) is 0 Å². The van der Waals surface area contributed by atoms with Crippen LogP contribution in [0.4, 0.5) is 0 Å². The molecule has 1 N–H and O–H groups in total. The Kier molecular flexibility index (Phi) is 6.14. The Hall–Kier alpha value is -1.10. The Morgan fingerprint density at radius 1 is 1.26 bits per heavy atom. The summed E-state index contributed by atoms with van der Waals surface area (Å²) in [6.07, 6.45) is 3.56. The fourth-order valence-electron chi connectivity index (χ4n) is 1.91. The normalized spacial score (nSPS) is 12.2. The van der Waals surface area contributed by atoms with Crippen LogP contribution in [0.25, 0.3) is 0 Å². The number of nitrogens with one attached hydrogen (secondary N) is 1. The van der Waals surface area contributed by atoms with Crippen LogP contribution in [-0.4, -0.2) is 13.2 Å². The van der Waals surface area contributed by atoms with Crippen molar-refractivity contribution in [3.63, 3.8) is 0 Å². The highest BCUT2D eigenvalue weighted by Crippen LogP contribution is 2.24. The van der Waals surface area contributed by atoms with E-state index in [2.05, 4.69) is 46.9 Å². The molecule has 2 nitrogen and oxygen atoms in total. The predicted molar refractivity (Wildman–Crippen MR) is 83.9 cm³/mol. The van der Waals surface area contributed by atoms with Crippen LogP contribution in [0.15, 0.2) is 47.9 Å². The maximum Gasteiger partial charge on any atom is 0.0885 e. The number of rotatable bonds is 9. The van der Waals surface area contributed by atoms with Crippen LogP contribution in [0.3, 0.4) is 0 Å². The van der Waals surface area contributed by atoms with Gasteiger partial charge in [-0.15, -0.1) is 22.7 Å². The van der Waals surface area contributed by atoms with Crippen LogP contribution in [-0.2, 0) is 11.2 Å². The first-order valence-electron chi connectivity index (χ1n) is 6.42. The minimum absolute atomic E-state index is 0.405. The molecule has 0 saturated carbocycles. The van der Waals surface area contributed by atoms with E-state index < -0.39 is 0 Å². The summed E-state index contributed by atoms with van der Waals surface area (Å²) in [4.78, 5) is 2.83. The van der Waals surface area contributed by atoms with Gasteiger partial charge in [0.25, 0.3) is 0 Å². The van der Waals surface area contributed by atoms with Gasteiger partial charge in [-0.1, -0.05) is 18.7 Å². The van der Waals surface area contributed by atoms with Gasteiger partial charge in [0.1, 0.15) is 0 Å². The van der Waals surface area contributed by atoms with Crippen LogP contribution >= 0.6 is 22.7 Å². The van der Waals surface area contributed by atoms with Gasteiger partial charge in [0.2, 0.25) is 0 Å². The van der Waals surface area contributed by atoms with Crippen molar-refractivity contribution in [2.24, 2.45) is 0 Å². The lowest BCUT2D eigenvalue weighted by atomic mass is 10.1. The molecule has 0 bridgehead atoms. The van der Waals surface area contributed by atoms with Crippen molar-refractivity contribution in [1.29, 1.82) is 0 Å². The van der Waals surface area contributed by atoms with Crippen LogP contribution in [0.1, 0.15) is 22.2 Å². The molecule has 0 saturated heterocycles. The van der Waals surface area contributed by atoms with Gasteiger partial charge in [-0.3, -0.25) is 0 Å². The Bertz CT molecular complexity index is 450. The first kappa shape index (κ1) is 14.3. The van der Waals surface area contributed by atoms with Crippen LogP contribution in [0.2, 0.25) is 0 Å². The number of hydrogen-bond acceptors (Lipinski definition) is 4. The van der Waals surface area contributed by atoms with E-state index in [4.69, 9.17) is 4.74 Å². The molecular weight excluding hydrogens is 274 g/mol. The van der Waals surface area contributed by atoms with Gasteiger partial charge < -0.3 is 10.1 Å². The van der Waals surface area contributed by atoms with Crippen LogP contribution < -0.4 is 5.32 Å². The minimum Gasteiger partial charge on any atom is -0.502 e. The van der Waals surface area contributed by atoms with Crippen molar-refractivity contribution in [2.45, 2.75) is 18.9 Å². The molecule has 2 aromatic rings. The molecule has 2 heterocycles. The standard InChI is InChI=1S/C15H19NOS2/c1-2-17-9-5-8-16-14(15-7-4-11-19-15)12-13-6-3-10-18-13/h2-4,6-7,10-11,14,16H,1,5,8-9,12H2.